The number of benzene rings is 2. The van der Waals surface area contributed by atoms with Gasteiger partial charge in [0.2, 0.25) is 0 Å². The molecule has 0 amide bonds. The first kappa shape index (κ1) is 21.7. The Morgan fingerprint density at radius 3 is 2.47 bits per heavy atom. The fourth-order valence-electron chi connectivity index (χ4n) is 3.63. The highest BCUT2D eigenvalue weighted by Crippen LogP contribution is 2.29. The normalized spacial score (nSPS) is 11.9. The van der Waals surface area contributed by atoms with E-state index in [2.05, 4.69) is 10.3 Å². The van der Waals surface area contributed by atoms with Crippen LogP contribution in [0, 0.1) is 13.8 Å². The molecule has 6 nitrogen and oxygen atoms in total. The van der Waals surface area contributed by atoms with Gasteiger partial charge >= 0.3 is 0 Å². The molecule has 1 N–H and O–H groups in total. The summed E-state index contributed by atoms with van der Waals surface area (Å²) in [7, 11) is 1.61. The number of ether oxygens (including phenoxy) is 1. The Kier molecular flexibility index (Phi) is 6.06. The number of hydrogen-bond acceptors (Lipinski definition) is 4. The Morgan fingerprint density at radius 1 is 1.06 bits per heavy atom. The highest BCUT2D eigenvalue weighted by atomic mass is 35.5. The van der Waals surface area contributed by atoms with Crippen molar-refractivity contribution in [2.45, 2.75) is 26.8 Å². The van der Waals surface area contributed by atoms with E-state index in [-0.39, 0.29) is 11.6 Å². The van der Waals surface area contributed by atoms with E-state index in [1.807, 2.05) is 74.0 Å². The molecule has 0 fully saturated rings. The molecular formula is C25H25ClN4O2. The SMILES string of the molecule is COc1cc(Nc2cc(Cl)cn([C@@H](C)c3ccc(C)cc3)c2=O)ccc1-n1cnc(C)c1. The van der Waals surface area contributed by atoms with Gasteiger partial charge in [-0.15, -0.1) is 0 Å². The standard InChI is InChI=1S/C25H25ClN4O2/c1-16-5-7-19(8-6-16)18(3)30-14-20(26)11-22(25(30)31)28-21-9-10-23(24(12-21)32-4)29-13-17(2)27-15-29/h5-15,18,28H,1-4H3/t18-/m0/s1. The molecule has 0 aliphatic carbocycles. The van der Waals surface area contributed by atoms with Crippen LogP contribution in [0.4, 0.5) is 11.4 Å². The van der Waals surface area contributed by atoms with Crippen molar-refractivity contribution in [3.05, 3.63) is 99.4 Å². The van der Waals surface area contributed by atoms with E-state index >= 15 is 0 Å². The lowest BCUT2D eigenvalue weighted by atomic mass is 10.1. The lowest BCUT2D eigenvalue weighted by molar-refractivity contribution is 0.413. The van der Waals surface area contributed by atoms with Gasteiger partial charge in [0.1, 0.15) is 11.4 Å². The zero-order chi connectivity index (χ0) is 22.8. The molecule has 0 aliphatic rings. The molecule has 0 radical (unpaired) electrons. The molecule has 0 aliphatic heterocycles. The number of methoxy groups -OCH3 is 1. The second-order valence-electron chi connectivity index (χ2n) is 7.81. The number of hydrogen-bond donors (Lipinski definition) is 1. The first-order chi connectivity index (χ1) is 15.4. The van der Waals surface area contributed by atoms with Gasteiger partial charge in [-0.3, -0.25) is 4.79 Å². The lowest BCUT2D eigenvalue weighted by Gasteiger charge is -2.18. The van der Waals surface area contributed by atoms with Crippen LogP contribution in [0.25, 0.3) is 5.69 Å². The van der Waals surface area contributed by atoms with Gasteiger partial charge in [-0.05, 0) is 44.5 Å². The minimum atomic E-state index is -0.163. The summed E-state index contributed by atoms with van der Waals surface area (Å²) < 4.78 is 9.12. The number of nitrogens with one attached hydrogen (secondary N) is 1. The predicted octanol–water partition coefficient (Wildman–Crippen LogP) is 5.67. The van der Waals surface area contributed by atoms with Gasteiger partial charge in [0.25, 0.3) is 5.56 Å². The van der Waals surface area contributed by atoms with Crippen molar-refractivity contribution in [3.8, 4) is 11.4 Å². The molecule has 2 heterocycles. The zero-order valence-electron chi connectivity index (χ0n) is 18.5. The van der Waals surface area contributed by atoms with Crippen molar-refractivity contribution >= 4 is 23.0 Å². The topological polar surface area (TPSA) is 61.1 Å². The first-order valence-electron chi connectivity index (χ1n) is 10.3. The fourth-order valence-corrected chi connectivity index (χ4v) is 3.84. The minimum Gasteiger partial charge on any atom is -0.494 e. The fraction of sp³-hybridized carbons (Fsp3) is 0.200. The molecule has 4 aromatic rings. The van der Waals surface area contributed by atoms with E-state index in [9.17, 15) is 4.79 Å². The summed E-state index contributed by atoms with van der Waals surface area (Å²) in [6, 6.07) is 15.3. The average molecular weight is 449 g/mol. The minimum absolute atomic E-state index is 0.157. The number of rotatable bonds is 6. The van der Waals surface area contributed by atoms with Gasteiger partial charge in [-0.1, -0.05) is 41.4 Å². The quantitative estimate of drug-likeness (QED) is 0.413. The van der Waals surface area contributed by atoms with E-state index in [1.54, 1.807) is 30.3 Å². The Bertz CT molecular complexity index is 1310. The molecular weight excluding hydrogens is 424 g/mol. The molecule has 4 rings (SSSR count). The van der Waals surface area contributed by atoms with Gasteiger partial charge in [-0.2, -0.15) is 0 Å². The van der Waals surface area contributed by atoms with Crippen molar-refractivity contribution in [2.24, 2.45) is 0 Å². The summed E-state index contributed by atoms with van der Waals surface area (Å²) in [5, 5.41) is 3.68. The van der Waals surface area contributed by atoms with E-state index in [1.165, 1.54) is 5.56 Å². The van der Waals surface area contributed by atoms with Crippen molar-refractivity contribution in [3.63, 3.8) is 0 Å². The van der Waals surface area contributed by atoms with Crippen LogP contribution >= 0.6 is 11.6 Å². The summed E-state index contributed by atoms with van der Waals surface area (Å²) in [5.74, 6) is 0.655. The maximum absolute atomic E-state index is 13.3. The van der Waals surface area contributed by atoms with Crippen molar-refractivity contribution < 1.29 is 4.74 Å². The van der Waals surface area contributed by atoms with Crippen LogP contribution < -0.4 is 15.6 Å². The van der Waals surface area contributed by atoms with Crippen LogP contribution in [0.1, 0.15) is 29.8 Å². The van der Waals surface area contributed by atoms with Crippen LogP contribution in [0.2, 0.25) is 5.02 Å². The third-order valence-corrected chi connectivity index (χ3v) is 5.64. The van der Waals surface area contributed by atoms with Gasteiger partial charge in [0, 0.05) is 24.1 Å². The Hall–Kier alpha value is -3.51. The van der Waals surface area contributed by atoms with Crippen LogP contribution in [0.3, 0.4) is 0 Å². The summed E-state index contributed by atoms with van der Waals surface area (Å²) in [6.07, 6.45) is 5.33. The second-order valence-corrected chi connectivity index (χ2v) is 8.24. The van der Waals surface area contributed by atoms with E-state index in [4.69, 9.17) is 16.3 Å². The molecule has 0 saturated carbocycles. The Labute approximate surface area is 192 Å². The molecule has 0 unspecified atom stereocenters. The first-order valence-corrected chi connectivity index (χ1v) is 10.7. The second kappa shape index (κ2) is 8.93. The predicted molar refractivity (Wildman–Crippen MR) is 129 cm³/mol. The van der Waals surface area contributed by atoms with Crippen LogP contribution in [0.5, 0.6) is 5.75 Å². The summed E-state index contributed by atoms with van der Waals surface area (Å²) >= 11 is 6.38. The highest BCUT2D eigenvalue weighted by molar-refractivity contribution is 6.30. The smallest absolute Gasteiger partial charge is 0.274 e. The molecule has 1 atom stereocenters. The monoisotopic (exact) mass is 448 g/mol. The summed E-state index contributed by atoms with van der Waals surface area (Å²) in [6.45, 7) is 5.95. The van der Waals surface area contributed by atoms with Crippen LogP contribution in [-0.2, 0) is 0 Å². The summed E-state index contributed by atoms with van der Waals surface area (Å²) in [4.78, 5) is 17.5. The molecule has 2 aromatic heterocycles. The third-order valence-electron chi connectivity index (χ3n) is 5.44. The lowest BCUT2D eigenvalue weighted by Crippen LogP contribution is -2.25. The Morgan fingerprint density at radius 2 is 1.81 bits per heavy atom. The average Bonchev–Trinajstić information content (AvgIpc) is 3.22. The number of nitrogens with zero attached hydrogens (tertiary/aromatic N) is 3. The summed E-state index contributed by atoms with van der Waals surface area (Å²) in [5.41, 5.74) is 4.93. The van der Waals surface area contributed by atoms with Crippen molar-refractivity contribution in [1.82, 2.24) is 14.1 Å². The van der Waals surface area contributed by atoms with Crippen molar-refractivity contribution in [2.75, 3.05) is 12.4 Å². The van der Waals surface area contributed by atoms with Crippen LogP contribution in [0.15, 0.2) is 72.0 Å². The number of halogens is 1. The highest BCUT2D eigenvalue weighted by Gasteiger charge is 2.15. The van der Waals surface area contributed by atoms with Gasteiger partial charge in [0.05, 0.1) is 35.9 Å². The Balaban J connectivity index is 1.67. The molecule has 164 valence electrons. The van der Waals surface area contributed by atoms with E-state index in [0.29, 0.717) is 16.5 Å². The molecule has 32 heavy (non-hydrogen) atoms. The van der Waals surface area contributed by atoms with Crippen LogP contribution in [-0.4, -0.2) is 21.2 Å². The maximum Gasteiger partial charge on any atom is 0.274 e. The third kappa shape index (κ3) is 4.41. The van der Waals surface area contributed by atoms with E-state index in [0.717, 1.165) is 22.6 Å². The molecule has 0 saturated heterocycles. The van der Waals surface area contributed by atoms with E-state index < -0.39 is 0 Å². The van der Waals surface area contributed by atoms with Gasteiger partial charge in [0.15, 0.2) is 0 Å². The zero-order valence-corrected chi connectivity index (χ0v) is 19.2. The molecule has 7 heteroatoms. The maximum atomic E-state index is 13.3. The van der Waals surface area contributed by atoms with Crippen molar-refractivity contribution in [1.29, 1.82) is 0 Å². The number of imidazole rings is 1. The number of anilines is 2. The number of pyridine rings is 1. The molecule has 2 aromatic carbocycles. The largest absolute Gasteiger partial charge is 0.494 e. The number of aryl methyl sites for hydroxylation is 2. The van der Waals surface area contributed by atoms with Gasteiger partial charge in [-0.25, -0.2) is 4.98 Å². The number of aromatic nitrogens is 3. The van der Waals surface area contributed by atoms with Gasteiger partial charge < -0.3 is 19.2 Å². The molecule has 0 bridgehead atoms. The molecule has 0 spiro atoms.